The monoisotopic (exact) mass is 820 g/mol. The van der Waals surface area contributed by atoms with Crippen LogP contribution >= 0.6 is 0 Å². The highest BCUT2D eigenvalue weighted by molar-refractivity contribution is 6.10. The molecule has 1 heterocycles. The summed E-state index contributed by atoms with van der Waals surface area (Å²) in [5.41, 5.74) is 7.06. The fraction of sp³-hybridized carbons (Fsp3) is 0.167. The number of benzene rings is 7. The highest BCUT2D eigenvalue weighted by Crippen LogP contribution is 2.48. The molecule has 0 spiro atoms. The Morgan fingerprint density at radius 1 is 0.710 bits per heavy atom. The number of aliphatic hydroxyl groups excluding tert-OH is 1. The molecule has 0 saturated carbocycles. The Morgan fingerprint density at radius 2 is 1.31 bits per heavy atom. The van der Waals surface area contributed by atoms with Gasteiger partial charge in [0.15, 0.2) is 0 Å². The number of hydrogen-bond acceptors (Lipinski definition) is 6. The van der Waals surface area contributed by atoms with Gasteiger partial charge in [0.05, 0.1) is 24.4 Å². The lowest BCUT2D eigenvalue weighted by atomic mass is 9.93. The number of amides is 2. The van der Waals surface area contributed by atoms with E-state index < -0.39 is 24.2 Å². The summed E-state index contributed by atoms with van der Waals surface area (Å²) in [6, 6.07) is 53.0. The Morgan fingerprint density at radius 3 is 1.94 bits per heavy atom. The maximum absolute atomic E-state index is 15.5. The quantitative estimate of drug-likeness (QED) is 0.0629. The van der Waals surface area contributed by atoms with Crippen LogP contribution in [0.15, 0.2) is 183 Å². The second kappa shape index (κ2) is 19.0. The molecule has 8 heteroatoms. The largest absolute Gasteiger partial charge is 0.493 e. The molecule has 0 bridgehead atoms. The second-order valence-electron chi connectivity index (χ2n) is 15.4. The summed E-state index contributed by atoms with van der Waals surface area (Å²) in [7, 11) is 0. The van der Waals surface area contributed by atoms with E-state index in [1.165, 1.54) is 6.92 Å². The van der Waals surface area contributed by atoms with Crippen molar-refractivity contribution in [1.29, 1.82) is 0 Å². The summed E-state index contributed by atoms with van der Waals surface area (Å²) in [6.45, 7) is 5.75. The fourth-order valence-corrected chi connectivity index (χ4v) is 8.41. The van der Waals surface area contributed by atoms with Crippen LogP contribution in [0.5, 0.6) is 5.75 Å². The van der Waals surface area contributed by atoms with Crippen LogP contribution in [0.3, 0.4) is 0 Å². The molecule has 0 aliphatic carbocycles. The average Bonchev–Trinajstić information content (AvgIpc) is 3.64. The minimum absolute atomic E-state index is 0.0380. The van der Waals surface area contributed by atoms with E-state index in [0.29, 0.717) is 34.5 Å². The number of fused-ring (bicyclic) bond motifs is 2. The van der Waals surface area contributed by atoms with Crippen molar-refractivity contribution >= 4 is 34.2 Å². The van der Waals surface area contributed by atoms with Gasteiger partial charge in [0.1, 0.15) is 11.9 Å². The Bertz CT molecular complexity index is 2680. The van der Waals surface area contributed by atoms with Crippen LogP contribution in [-0.2, 0) is 16.1 Å². The Hall–Kier alpha value is -7.29. The first kappa shape index (κ1) is 41.4. The van der Waals surface area contributed by atoms with E-state index >= 15 is 9.59 Å². The summed E-state index contributed by atoms with van der Waals surface area (Å²) in [4.78, 5) is 47.2. The highest BCUT2D eigenvalue weighted by atomic mass is 16.5. The lowest BCUT2D eigenvalue weighted by Crippen LogP contribution is -2.52. The highest BCUT2D eigenvalue weighted by Gasteiger charge is 2.51. The van der Waals surface area contributed by atoms with Crippen LogP contribution in [0.1, 0.15) is 57.7 Å². The molecule has 8 rings (SSSR count). The zero-order chi connectivity index (χ0) is 43.0. The van der Waals surface area contributed by atoms with Gasteiger partial charge in [-0.05, 0) is 81.1 Å². The van der Waals surface area contributed by atoms with E-state index in [4.69, 9.17) is 9.47 Å². The number of anilines is 1. The SMILES string of the molecule is C=CCC(OC(C)=O)[C@@H]1[C@@H](N(Cc2ccc(-c3ccccc3)cc2)C(=O)c2ccc(-c3ccccc3)cc2)c2cc(OCCCO)ccc2N1C(=O)c1ccc2ccccc2c1. The number of rotatable bonds is 15. The molecule has 1 aliphatic heterocycles. The molecule has 0 aromatic heterocycles. The van der Waals surface area contributed by atoms with Crippen molar-refractivity contribution in [3.05, 3.63) is 205 Å². The third-order valence-corrected chi connectivity index (χ3v) is 11.3. The molecule has 8 nitrogen and oxygen atoms in total. The first-order valence-corrected chi connectivity index (χ1v) is 20.9. The number of esters is 1. The van der Waals surface area contributed by atoms with Crippen molar-refractivity contribution in [3.8, 4) is 28.0 Å². The van der Waals surface area contributed by atoms with Gasteiger partial charge in [-0.2, -0.15) is 0 Å². The van der Waals surface area contributed by atoms with Crippen LogP contribution in [0.4, 0.5) is 5.69 Å². The van der Waals surface area contributed by atoms with E-state index in [0.717, 1.165) is 38.6 Å². The minimum Gasteiger partial charge on any atom is -0.493 e. The minimum atomic E-state index is -0.901. The Kier molecular flexibility index (Phi) is 12.7. The van der Waals surface area contributed by atoms with Gasteiger partial charge < -0.3 is 19.5 Å². The van der Waals surface area contributed by atoms with Crippen molar-refractivity contribution < 1.29 is 29.0 Å². The van der Waals surface area contributed by atoms with Gasteiger partial charge in [0, 0.05) is 49.6 Å². The molecule has 1 unspecified atom stereocenters. The lowest BCUT2D eigenvalue weighted by Gasteiger charge is -2.39. The summed E-state index contributed by atoms with van der Waals surface area (Å²) in [5, 5.41) is 11.4. The van der Waals surface area contributed by atoms with Gasteiger partial charge in [-0.3, -0.25) is 19.3 Å². The van der Waals surface area contributed by atoms with E-state index in [2.05, 4.69) is 18.7 Å². The van der Waals surface area contributed by atoms with E-state index in [9.17, 15) is 9.90 Å². The Balaban J connectivity index is 1.30. The van der Waals surface area contributed by atoms with Gasteiger partial charge in [0.25, 0.3) is 11.8 Å². The van der Waals surface area contributed by atoms with Crippen LogP contribution in [0.25, 0.3) is 33.0 Å². The molecule has 3 atom stereocenters. The van der Waals surface area contributed by atoms with Gasteiger partial charge in [-0.15, -0.1) is 6.58 Å². The maximum atomic E-state index is 15.5. The van der Waals surface area contributed by atoms with Gasteiger partial charge >= 0.3 is 5.97 Å². The van der Waals surface area contributed by atoms with Crippen molar-refractivity contribution in [3.63, 3.8) is 0 Å². The number of carbonyl (C=O) groups is 3. The predicted molar refractivity (Wildman–Crippen MR) is 245 cm³/mol. The van der Waals surface area contributed by atoms with Crippen molar-refractivity contribution in [2.45, 2.75) is 44.5 Å². The van der Waals surface area contributed by atoms with Crippen LogP contribution in [0.2, 0.25) is 0 Å². The fourth-order valence-electron chi connectivity index (χ4n) is 8.41. The third kappa shape index (κ3) is 8.92. The molecule has 0 fully saturated rings. The third-order valence-electron chi connectivity index (χ3n) is 11.3. The summed E-state index contributed by atoms with van der Waals surface area (Å²) < 4.78 is 12.3. The molecular weight excluding hydrogens is 773 g/mol. The molecule has 0 saturated heterocycles. The predicted octanol–water partition coefficient (Wildman–Crippen LogP) is 10.9. The van der Waals surface area contributed by atoms with Crippen LogP contribution in [0, 0.1) is 0 Å². The summed E-state index contributed by atoms with van der Waals surface area (Å²) in [5.74, 6) is -0.597. The number of aliphatic hydroxyl groups is 1. The summed E-state index contributed by atoms with van der Waals surface area (Å²) >= 11 is 0. The zero-order valence-electron chi connectivity index (χ0n) is 34.6. The number of hydrogen-bond donors (Lipinski definition) is 1. The average molecular weight is 821 g/mol. The van der Waals surface area contributed by atoms with Gasteiger partial charge in [0.2, 0.25) is 0 Å². The molecule has 62 heavy (non-hydrogen) atoms. The first-order valence-electron chi connectivity index (χ1n) is 20.9. The molecule has 0 radical (unpaired) electrons. The second-order valence-corrected chi connectivity index (χ2v) is 15.4. The van der Waals surface area contributed by atoms with Crippen LogP contribution < -0.4 is 9.64 Å². The molecule has 1 N–H and O–H groups in total. The standard InChI is InChI=1S/C54H48N2O6/c1-3-13-50(62-37(2)58)52-51(48-35-47(61-33-12-32-57)30-31-49(48)56(52)54(60)46-29-26-41-18-10-11-19-45(41)34-46)55(36-38-20-22-42(23-21-38)39-14-6-4-7-15-39)53(59)44-27-24-43(25-28-44)40-16-8-5-9-17-40/h3-11,14-31,34-35,50-52,57H,1,12-13,32-33,36H2,2H3/t50?,51-,52+/m0/s1. The molecule has 7 aromatic carbocycles. The normalized spacial score (nSPS) is 14.8. The number of carbonyl (C=O) groups excluding carboxylic acids is 3. The Labute approximate surface area is 362 Å². The molecule has 7 aromatic rings. The van der Waals surface area contributed by atoms with Crippen molar-refractivity contribution in [2.24, 2.45) is 0 Å². The zero-order valence-corrected chi connectivity index (χ0v) is 34.6. The smallest absolute Gasteiger partial charge is 0.302 e. The molecular formula is C54H48N2O6. The maximum Gasteiger partial charge on any atom is 0.302 e. The van der Waals surface area contributed by atoms with Crippen molar-refractivity contribution in [2.75, 3.05) is 18.1 Å². The lowest BCUT2D eigenvalue weighted by molar-refractivity contribution is -0.147. The van der Waals surface area contributed by atoms with E-state index in [1.54, 1.807) is 28.0 Å². The summed E-state index contributed by atoms with van der Waals surface area (Å²) in [6.07, 6.45) is 1.40. The van der Waals surface area contributed by atoms with E-state index in [-0.39, 0.29) is 38.0 Å². The van der Waals surface area contributed by atoms with Gasteiger partial charge in [-0.1, -0.05) is 133 Å². The number of ether oxygens (including phenoxy) is 2. The molecule has 310 valence electrons. The molecule has 2 amide bonds. The van der Waals surface area contributed by atoms with Gasteiger partial charge in [-0.25, -0.2) is 0 Å². The van der Waals surface area contributed by atoms with E-state index in [1.807, 2.05) is 146 Å². The first-order chi connectivity index (χ1) is 30.3. The number of nitrogens with zero attached hydrogens (tertiary/aromatic N) is 2. The van der Waals surface area contributed by atoms with Crippen LogP contribution in [-0.4, -0.2) is 53.1 Å². The topological polar surface area (TPSA) is 96.4 Å². The molecule has 1 aliphatic rings. The van der Waals surface area contributed by atoms with Crippen molar-refractivity contribution in [1.82, 2.24) is 4.90 Å².